The van der Waals surface area contributed by atoms with Crippen molar-refractivity contribution in [3.63, 3.8) is 0 Å². The van der Waals surface area contributed by atoms with Crippen molar-refractivity contribution in [2.45, 2.75) is 101 Å². The lowest BCUT2D eigenvalue weighted by atomic mass is 9.53. The third-order valence-electron chi connectivity index (χ3n) is 13.7. The molecule has 0 aromatic heterocycles. The summed E-state index contributed by atoms with van der Waals surface area (Å²) >= 11 is 0. The van der Waals surface area contributed by atoms with E-state index in [2.05, 4.69) is 24.3 Å². The lowest BCUT2D eigenvalue weighted by Gasteiger charge is -2.50. The largest absolute Gasteiger partial charge is 0.511 e. The number of hydrogen-bond acceptors (Lipinski definition) is 6. The SMILES string of the molecule is O=C(O)[C@H]1[C@H](C(O)O)C=CC[C@H](CCCCCC[C@H]2C=C(CO)CC2)[C@@H](c2ccc(O)cc2)Cc2cccc(c2)[C@]12CC[C@@H]1C=c3ccccc3=C(O)[C@H]1C2. The molecule has 2 bridgehead atoms. The van der Waals surface area contributed by atoms with E-state index in [1.165, 1.54) is 5.57 Å². The summed E-state index contributed by atoms with van der Waals surface area (Å²) in [4.78, 5) is 13.6. The number of unbranched alkanes of at least 4 members (excludes halogenated alkanes) is 3. The molecule has 55 heavy (non-hydrogen) atoms. The van der Waals surface area contributed by atoms with E-state index >= 15 is 0 Å². The first-order valence-electron chi connectivity index (χ1n) is 20.6. The van der Waals surface area contributed by atoms with Crippen LogP contribution in [0.25, 0.3) is 11.8 Å². The molecular weight excluding hydrogens is 689 g/mol. The van der Waals surface area contributed by atoms with Crippen LogP contribution in [-0.4, -0.2) is 49.5 Å². The van der Waals surface area contributed by atoms with Crippen molar-refractivity contribution >= 4 is 17.8 Å². The van der Waals surface area contributed by atoms with Crippen LogP contribution in [0.1, 0.15) is 99.7 Å². The van der Waals surface area contributed by atoms with Gasteiger partial charge in [-0.15, -0.1) is 0 Å². The minimum Gasteiger partial charge on any atom is -0.511 e. The Bertz CT molecular complexity index is 1980. The van der Waals surface area contributed by atoms with Crippen LogP contribution in [0.15, 0.2) is 96.6 Å². The van der Waals surface area contributed by atoms with E-state index in [1.807, 2.05) is 54.6 Å². The summed E-state index contributed by atoms with van der Waals surface area (Å²) < 4.78 is 0. The lowest BCUT2D eigenvalue weighted by Crippen LogP contribution is -2.52. The van der Waals surface area contributed by atoms with Crippen molar-refractivity contribution in [1.29, 1.82) is 0 Å². The molecule has 3 aromatic rings. The van der Waals surface area contributed by atoms with Crippen LogP contribution in [-0.2, 0) is 16.6 Å². The molecule has 0 aliphatic heterocycles. The van der Waals surface area contributed by atoms with E-state index in [1.54, 1.807) is 18.2 Å². The van der Waals surface area contributed by atoms with Gasteiger partial charge in [-0.2, -0.15) is 0 Å². The highest BCUT2D eigenvalue weighted by Crippen LogP contribution is 2.54. The van der Waals surface area contributed by atoms with Crippen molar-refractivity contribution in [1.82, 2.24) is 0 Å². The number of phenols is 1. The molecule has 7 heteroatoms. The summed E-state index contributed by atoms with van der Waals surface area (Å²) in [6.07, 6.45) is 18.0. The summed E-state index contributed by atoms with van der Waals surface area (Å²) in [6, 6.07) is 23.6. The van der Waals surface area contributed by atoms with Crippen LogP contribution in [0.2, 0.25) is 0 Å². The average Bonchev–Trinajstić information content (AvgIpc) is 3.65. The third-order valence-corrected chi connectivity index (χ3v) is 13.7. The van der Waals surface area contributed by atoms with Crippen molar-refractivity contribution in [2.24, 2.45) is 35.5 Å². The van der Waals surface area contributed by atoms with Gasteiger partial charge in [0.1, 0.15) is 11.5 Å². The molecule has 1 saturated carbocycles. The van der Waals surface area contributed by atoms with Gasteiger partial charge in [-0.1, -0.05) is 111 Å². The Hall–Kier alpha value is -4.17. The van der Waals surface area contributed by atoms with Crippen molar-refractivity contribution in [3.05, 3.63) is 124 Å². The number of allylic oxidation sites excluding steroid dienone is 2. The molecule has 4 aliphatic carbocycles. The van der Waals surface area contributed by atoms with Gasteiger partial charge in [0.05, 0.1) is 12.5 Å². The van der Waals surface area contributed by atoms with Gasteiger partial charge in [0.2, 0.25) is 0 Å². The van der Waals surface area contributed by atoms with Gasteiger partial charge in [-0.05, 0) is 121 Å². The van der Waals surface area contributed by atoms with E-state index in [0.29, 0.717) is 31.6 Å². The molecule has 1 fully saturated rings. The zero-order valence-electron chi connectivity index (χ0n) is 31.8. The van der Waals surface area contributed by atoms with E-state index in [0.717, 1.165) is 84.9 Å². The number of fused-ring (bicyclic) bond motifs is 5. The normalized spacial score (nSPS) is 29.1. The fourth-order valence-electron chi connectivity index (χ4n) is 10.8. The fraction of sp³-hybridized carbons (Fsp3) is 0.479. The van der Waals surface area contributed by atoms with Gasteiger partial charge in [0.15, 0.2) is 6.29 Å². The first-order valence-corrected chi connectivity index (χ1v) is 20.6. The van der Waals surface area contributed by atoms with Crippen LogP contribution in [0.3, 0.4) is 0 Å². The van der Waals surface area contributed by atoms with Crippen LogP contribution in [0.5, 0.6) is 5.75 Å². The molecule has 1 spiro atoms. The number of carboxylic acid groups (broad SMARTS) is 1. The zero-order chi connectivity index (χ0) is 38.5. The highest BCUT2D eigenvalue weighted by Gasteiger charge is 2.54. The molecule has 7 nitrogen and oxygen atoms in total. The smallest absolute Gasteiger partial charge is 0.308 e. The first kappa shape index (κ1) is 39.1. The molecule has 4 aliphatic rings. The Balaban J connectivity index is 1.22. The first-order chi connectivity index (χ1) is 26.7. The number of aliphatic hydroxyl groups excluding tert-OH is 3. The summed E-state index contributed by atoms with van der Waals surface area (Å²) in [5, 5.41) is 66.3. The van der Waals surface area contributed by atoms with E-state index in [9.17, 15) is 35.4 Å². The molecule has 292 valence electrons. The standard InChI is InChI=1S/C48H58O7/c49-30-33-18-17-31(25-33)9-3-1-2-4-11-34-13-8-16-41(46(52)53)44(47(54)55)48(24-23-37-28-36-12-5-6-15-40(36)45(51)43(37)29-48)38-14-7-10-32(26-38)27-42(34)35-19-21-39(50)22-20-35/h5-8,10,12,14-16,19-22,25-26,28,31,34,37,41-44,46,49-53H,1-4,9,11,13,17-18,23-24,27,29-30H2,(H,54,55)/t31-,34+,37-,41-,42+,43+,44-,48-/m1/s1. The highest BCUT2D eigenvalue weighted by molar-refractivity contribution is 5.74. The van der Waals surface area contributed by atoms with Crippen LogP contribution in [0.4, 0.5) is 0 Å². The van der Waals surface area contributed by atoms with Crippen molar-refractivity contribution in [3.8, 4) is 5.75 Å². The van der Waals surface area contributed by atoms with Gasteiger partial charge in [0, 0.05) is 22.5 Å². The van der Waals surface area contributed by atoms with Gasteiger partial charge in [0.25, 0.3) is 0 Å². The second kappa shape index (κ2) is 17.3. The molecule has 0 saturated heterocycles. The number of aliphatic hydroxyl groups is 4. The van der Waals surface area contributed by atoms with E-state index in [-0.39, 0.29) is 41.8 Å². The average molecular weight is 747 g/mol. The maximum atomic E-state index is 13.6. The number of aliphatic carboxylic acids is 1. The third kappa shape index (κ3) is 8.50. The molecule has 0 heterocycles. The Morgan fingerprint density at radius 1 is 0.855 bits per heavy atom. The monoisotopic (exact) mass is 746 g/mol. The number of rotatable bonds is 11. The Morgan fingerprint density at radius 3 is 2.38 bits per heavy atom. The molecule has 8 atom stereocenters. The van der Waals surface area contributed by atoms with Crippen LogP contribution >= 0.6 is 0 Å². The molecule has 3 aromatic carbocycles. The minimum atomic E-state index is -1.89. The predicted octanol–water partition coefficient (Wildman–Crippen LogP) is 7.41. The maximum Gasteiger partial charge on any atom is 0.308 e. The Morgan fingerprint density at radius 2 is 1.64 bits per heavy atom. The number of carbonyl (C=O) groups is 1. The zero-order valence-corrected chi connectivity index (χ0v) is 31.8. The van der Waals surface area contributed by atoms with Crippen LogP contribution < -0.4 is 10.4 Å². The molecule has 6 N–H and O–H groups in total. The highest BCUT2D eigenvalue weighted by atomic mass is 16.5. The summed E-state index contributed by atoms with van der Waals surface area (Å²) in [7, 11) is 0. The predicted molar refractivity (Wildman–Crippen MR) is 215 cm³/mol. The number of benzene rings is 3. The quantitative estimate of drug-likeness (QED) is 0.0683. The van der Waals surface area contributed by atoms with E-state index < -0.39 is 29.5 Å². The van der Waals surface area contributed by atoms with Gasteiger partial charge in [-0.25, -0.2) is 0 Å². The summed E-state index contributed by atoms with van der Waals surface area (Å²) in [5.74, 6) is -2.14. The van der Waals surface area contributed by atoms with Gasteiger partial charge in [-0.3, -0.25) is 4.79 Å². The second-order valence-corrected chi connectivity index (χ2v) is 16.9. The van der Waals surface area contributed by atoms with Gasteiger partial charge >= 0.3 is 5.97 Å². The molecule has 0 unspecified atom stereocenters. The minimum absolute atomic E-state index is 0.0471. The van der Waals surface area contributed by atoms with Gasteiger partial charge < -0.3 is 30.6 Å². The molecule has 7 rings (SSSR count). The topological polar surface area (TPSA) is 138 Å². The lowest BCUT2D eigenvalue weighted by molar-refractivity contribution is -0.158. The molecule has 0 radical (unpaired) electrons. The van der Waals surface area contributed by atoms with Crippen molar-refractivity contribution < 1.29 is 35.4 Å². The Kier molecular flexibility index (Phi) is 12.3. The number of aromatic hydroxyl groups is 1. The molecular formula is C48H58O7. The number of hydrogen-bond donors (Lipinski definition) is 6. The maximum absolute atomic E-state index is 13.6. The number of carboxylic acids is 1. The summed E-state index contributed by atoms with van der Waals surface area (Å²) in [6.45, 7) is 0.174. The van der Waals surface area contributed by atoms with Crippen molar-refractivity contribution in [2.75, 3.05) is 6.61 Å². The van der Waals surface area contributed by atoms with E-state index in [4.69, 9.17) is 0 Å². The Labute approximate surface area is 325 Å². The number of phenolic OH excluding ortho intramolecular Hbond substituents is 1. The molecule has 0 amide bonds. The van der Waals surface area contributed by atoms with Crippen LogP contribution in [0, 0.1) is 35.5 Å². The fourth-order valence-corrected chi connectivity index (χ4v) is 10.8. The summed E-state index contributed by atoms with van der Waals surface area (Å²) in [5.41, 5.74) is 3.30. The second-order valence-electron chi connectivity index (χ2n) is 16.9.